The van der Waals surface area contributed by atoms with Gasteiger partial charge in [0, 0.05) is 31.7 Å². The second-order valence-electron chi connectivity index (χ2n) is 7.96. The first kappa shape index (κ1) is 23.4. The maximum atomic E-state index is 13.0. The van der Waals surface area contributed by atoms with Crippen molar-refractivity contribution in [2.75, 3.05) is 51.0 Å². The van der Waals surface area contributed by atoms with E-state index in [1.165, 1.54) is 0 Å². The third kappa shape index (κ3) is 4.79. The molecule has 1 aliphatic heterocycles. The predicted molar refractivity (Wildman–Crippen MR) is 130 cm³/mol. The normalized spacial score (nSPS) is 15.9. The Morgan fingerprint density at radius 1 is 1.24 bits per heavy atom. The van der Waals surface area contributed by atoms with Gasteiger partial charge in [0.05, 0.1) is 26.1 Å². The van der Waals surface area contributed by atoms with Gasteiger partial charge in [-0.25, -0.2) is 9.97 Å². The van der Waals surface area contributed by atoms with E-state index in [0.717, 1.165) is 18.4 Å². The highest BCUT2D eigenvalue weighted by Gasteiger charge is 2.31. The smallest absolute Gasteiger partial charge is 0.244 e. The minimum Gasteiger partial charge on any atom is -0.493 e. The predicted octanol–water partition coefficient (Wildman–Crippen LogP) is 1.38. The fraction of sp³-hybridized carbons (Fsp3) is 0.435. The Hall–Kier alpha value is -3.73. The van der Waals surface area contributed by atoms with Crippen molar-refractivity contribution in [2.24, 2.45) is 0 Å². The molecule has 1 fully saturated rings. The number of hydrogen-bond acceptors (Lipinski definition) is 10. The van der Waals surface area contributed by atoms with Crippen molar-refractivity contribution in [3.05, 3.63) is 24.4 Å². The molecule has 3 heterocycles. The first-order chi connectivity index (χ1) is 16.5. The Balaban J connectivity index is 1.75. The number of nitrogens with one attached hydrogen (secondary N) is 2. The van der Waals surface area contributed by atoms with Crippen LogP contribution in [-0.4, -0.2) is 72.3 Å². The number of piperazine rings is 1. The number of carbonyl (C=O) groups is 1. The number of amides is 1. The summed E-state index contributed by atoms with van der Waals surface area (Å²) in [7, 11) is 3.17. The van der Waals surface area contributed by atoms with E-state index in [1.807, 2.05) is 23.1 Å². The van der Waals surface area contributed by atoms with Crippen molar-refractivity contribution in [2.45, 2.75) is 25.8 Å². The van der Waals surface area contributed by atoms with Gasteiger partial charge in [0.15, 0.2) is 28.5 Å². The number of hydrogen-bond donors (Lipinski definition) is 3. The molecular weight excluding hydrogens is 436 g/mol. The summed E-state index contributed by atoms with van der Waals surface area (Å²) in [5, 5.41) is 6.31. The summed E-state index contributed by atoms with van der Waals surface area (Å²) in [6.45, 7) is 4.49. The molecule has 1 unspecified atom stereocenters. The van der Waals surface area contributed by atoms with Crippen molar-refractivity contribution in [1.82, 2.24) is 30.6 Å². The van der Waals surface area contributed by atoms with E-state index in [1.54, 1.807) is 20.4 Å². The fourth-order valence-corrected chi connectivity index (χ4v) is 3.94. The molecule has 4 rings (SSSR count). The number of rotatable bonds is 8. The molecule has 0 bridgehead atoms. The molecule has 0 saturated carbocycles. The van der Waals surface area contributed by atoms with Gasteiger partial charge in [-0.05, 0) is 24.6 Å². The van der Waals surface area contributed by atoms with Crippen LogP contribution in [0.3, 0.4) is 0 Å². The van der Waals surface area contributed by atoms with Gasteiger partial charge >= 0.3 is 0 Å². The molecule has 1 aliphatic rings. The van der Waals surface area contributed by atoms with Crippen LogP contribution in [0.5, 0.6) is 11.5 Å². The lowest BCUT2D eigenvalue weighted by Crippen LogP contribution is -2.58. The van der Waals surface area contributed by atoms with Gasteiger partial charge < -0.3 is 30.7 Å². The molecule has 4 N–H and O–H groups in total. The van der Waals surface area contributed by atoms with Crippen LogP contribution < -0.4 is 30.7 Å². The van der Waals surface area contributed by atoms with Gasteiger partial charge in [-0.1, -0.05) is 13.3 Å². The minimum atomic E-state index is -0.449. The van der Waals surface area contributed by atoms with E-state index < -0.39 is 6.04 Å². The maximum absolute atomic E-state index is 13.0. The molecule has 180 valence electrons. The Bertz CT molecular complexity index is 1170. The molecule has 0 spiro atoms. The number of nitrogens with zero attached hydrogens (tertiary/aromatic N) is 5. The molecule has 11 heteroatoms. The highest BCUT2D eigenvalue weighted by Crippen LogP contribution is 2.33. The van der Waals surface area contributed by atoms with Crippen molar-refractivity contribution in [1.29, 1.82) is 0 Å². The number of fused-ring (bicyclic) bond motifs is 1. The summed E-state index contributed by atoms with van der Waals surface area (Å²) in [6, 6.07) is 5.08. The molecule has 1 amide bonds. The third-order valence-electron chi connectivity index (χ3n) is 5.73. The molecule has 1 atom stereocenters. The van der Waals surface area contributed by atoms with Gasteiger partial charge in [0.2, 0.25) is 11.9 Å². The van der Waals surface area contributed by atoms with Gasteiger partial charge in [0.1, 0.15) is 6.04 Å². The van der Waals surface area contributed by atoms with Crippen LogP contribution in [0.4, 0.5) is 11.8 Å². The molecule has 11 nitrogen and oxygen atoms in total. The van der Waals surface area contributed by atoms with Crippen LogP contribution in [0.25, 0.3) is 22.4 Å². The average Bonchev–Trinajstić information content (AvgIpc) is 2.87. The number of ether oxygens (including phenoxy) is 2. The molecule has 0 aliphatic carbocycles. The maximum Gasteiger partial charge on any atom is 0.244 e. The summed E-state index contributed by atoms with van der Waals surface area (Å²) in [6.07, 6.45) is 3.57. The van der Waals surface area contributed by atoms with Gasteiger partial charge in [-0.15, -0.1) is 0 Å². The van der Waals surface area contributed by atoms with Gasteiger partial charge in [-0.3, -0.25) is 4.79 Å². The van der Waals surface area contributed by atoms with Crippen LogP contribution in [0.1, 0.15) is 19.8 Å². The molecule has 1 aromatic carbocycles. The van der Waals surface area contributed by atoms with E-state index >= 15 is 0 Å². The lowest BCUT2D eigenvalue weighted by molar-refractivity contribution is -0.122. The van der Waals surface area contributed by atoms with E-state index in [4.69, 9.17) is 20.2 Å². The van der Waals surface area contributed by atoms with Crippen molar-refractivity contribution in [3.63, 3.8) is 0 Å². The number of methoxy groups -OCH3 is 2. The number of nitrogen functional groups attached to an aromatic ring is 1. The first-order valence-corrected chi connectivity index (χ1v) is 11.3. The van der Waals surface area contributed by atoms with Crippen LogP contribution in [0.2, 0.25) is 0 Å². The topological polar surface area (TPSA) is 140 Å². The number of aromatic nitrogens is 4. The van der Waals surface area contributed by atoms with Crippen LogP contribution in [0, 0.1) is 0 Å². The van der Waals surface area contributed by atoms with Crippen molar-refractivity contribution < 1.29 is 14.3 Å². The average molecular weight is 467 g/mol. The number of benzene rings is 1. The lowest BCUT2D eigenvalue weighted by atomic mass is 10.1. The van der Waals surface area contributed by atoms with Crippen LogP contribution in [-0.2, 0) is 4.79 Å². The Labute approximate surface area is 198 Å². The van der Waals surface area contributed by atoms with E-state index in [0.29, 0.717) is 60.4 Å². The molecular formula is C23H30N8O3. The fourth-order valence-electron chi connectivity index (χ4n) is 3.94. The standard InChI is InChI=1S/C23H30N8O3/c1-4-5-8-26-22(32)16-13-25-9-10-31(16)21-19-20(29-23(24)30-21)27-12-15(28-19)14-6-7-17(33-2)18(11-14)34-3/h6-7,11-12,16,25H,4-5,8-10,13H2,1-3H3,(H,26,32)(H2,24,27,29,30). The summed E-state index contributed by atoms with van der Waals surface area (Å²) in [5.41, 5.74) is 8.27. The first-order valence-electron chi connectivity index (χ1n) is 11.3. The Morgan fingerprint density at radius 3 is 2.82 bits per heavy atom. The van der Waals surface area contributed by atoms with Gasteiger partial charge in [0.25, 0.3) is 0 Å². The van der Waals surface area contributed by atoms with Crippen LogP contribution in [0.15, 0.2) is 24.4 Å². The molecule has 2 aromatic heterocycles. The lowest BCUT2D eigenvalue weighted by Gasteiger charge is -2.36. The summed E-state index contributed by atoms with van der Waals surface area (Å²) >= 11 is 0. The number of anilines is 2. The quantitative estimate of drug-likeness (QED) is 0.417. The van der Waals surface area contributed by atoms with Crippen molar-refractivity contribution in [3.8, 4) is 22.8 Å². The number of carbonyl (C=O) groups excluding carboxylic acids is 1. The zero-order valence-corrected chi connectivity index (χ0v) is 19.7. The zero-order valence-electron chi connectivity index (χ0n) is 19.7. The monoisotopic (exact) mass is 466 g/mol. The highest BCUT2D eigenvalue weighted by atomic mass is 16.5. The van der Waals surface area contributed by atoms with Crippen molar-refractivity contribution >= 4 is 28.8 Å². The van der Waals surface area contributed by atoms with E-state index in [-0.39, 0.29) is 11.9 Å². The number of unbranched alkanes of at least 4 members (excludes halogenated alkanes) is 1. The van der Waals surface area contributed by atoms with Crippen LogP contribution >= 0.6 is 0 Å². The van der Waals surface area contributed by atoms with E-state index in [2.05, 4.69) is 32.5 Å². The Morgan fingerprint density at radius 2 is 2.06 bits per heavy atom. The van der Waals surface area contributed by atoms with Gasteiger partial charge in [-0.2, -0.15) is 9.97 Å². The zero-order chi connectivity index (χ0) is 24.1. The van der Waals surface area contributed by atoms with E-state index in [9.17, 15) is 4.79 Å². The summed E-state index contributed by atoms with van der Waals surface area (Å²) < 4.78 is 10.8. The highest BCUT2D eigenvalue weighted by molar-refractivity contribution is 5.91. The second kappa shape index (κ2) is 10.5. The molecule has 0 radical (unpaired) electrons. The minimum absolute atomic E-state index is 0.0602. The SMILES string of the molecule is CCCCNC(=O)C1CNCCN1c1nc(N)nc2ncc(-c3ccc(OC)c(OC)c3)nc12. The molecule has 1 saturated heterocycles. The Kier molecular flexibility index (Phi) is 7.21. The molecule has 34 heavy (non-hydrogen) atoms. The molecule has 3 aromatic rings. The third-order valence-corrected chi connectivity index (χ3v) is 5.73. The number of nitrogens with two attached hydrogens (primary N) is 1. The summed E-state index contributed by atoms with van der Waals surface area (Å²) in [5.74, 6) is 1.72. The second-order valence-corrected chi connectivity index (χ2v) is 7.96. The largest absolute Gasteiger partial charge is 0.493 e. The summed E-state index contributed by atoms with van der Waals surface area (Å²) in [4.78, 5) is 33.0.